The lowest BCUT2D eigenvalue weighted by atomic mass is 10.2. The van der Waals surface area contributed by atoms with Crippen LogP contribution in [0.4, 0.5) is 9.52 Å². The molecule has 0 radical (unpaired) electrons. The van der Waals surface area contributed by atoms with Crippen molar-refractivity contribution < 1.29 is 4.39 Å². The standard InChI is InChI=1S/C17H18FN3S/c1-11-8-15(16-10-22-17(19-3)20-16)12(2)21(11)9-13-4-6-14(18)7-5-13/h4-8,10H,9H2,1-3H3,(H,19,20). The first kappa shape index (κ1) is 14.8. The zero-order chi connectivity index (χ0) is 15.7. The topological polar surface area (TPSA) is 29.9 Å². The van der Waals surface area contributed by atoms with Crippen molar-refractivity contribution in [3.8, 4) is 11.3 Å². The van der Waals surface area contributed by atoms with Gasteiger partial charge in [0.1, 0.15) is 5.82 Å². The maximum absolute atomic E-state index is 13.0. The molecule has 1 aromatic carbocycles. The Hall–Kier alpha value is -2.14. The Balaban J connectivity index is 1.94. The van der Waals surface area contributed by atoms with Gasteiger partial charge in [-0.1, -0.05) is 12.1 Å². The SMILES string of the molecule is CNc1nc(-c2cc(C)n(Cc3ccc(F)cc3)c2C)cs1. The molecular weight excluding hydrogens is 297 g/mol. The lowest BCUT2D eigenvalue weighted by Crippen LogP contribution is -2.03. The smallest absolute Gasteiger partial charge is 0.182 e. The van der Waals surface area contributed by atoms with Crippen LogP contribution in [0.15, 0.2) is 35.7 Å². The number of nitrogens with one attached hydrogen (secondary N) is 1. The normalized spacial score (nSPS) is 10.9. The first-order chi connectivity index (χ1) is 10.6. The second-order valence-electron chi connectivity index (χ2n) is 5.29. The number of halogens is 1. The fourth-order valence-corrected chi connectivity index (χ4v) is 3.26. The predicted molar refractivity (Wildman–Crippen MR) is 90.1 cm³/mol. The van der Waals surface area contributed by atoms with Gasteiger partial charge >= 0.3 is 0 Å². The number of aromatic nitrogens is 2. The van der Waals surface area contributed by atoms with Crippen LogP contribution in [0.2, 0.25) is 0 Å². The third-order valence-corrected chi connectivity index (χ3v) is 4.68. The summed E-state index contributed by atoms with van der Waals surface area (Å²) in [5.41, 5.74) is 5.58. The lowest BCUT2D eigenvalue weighted by molar-refractivity contribution is 0.626. The van der Waals surface area contributed by atoms with Gasteiger partial charge in [-0.15, -0.1) is 11.3 Å². The van der Waals surface area contributed by atoms with Crippen molar-refractivity contribution in [1.82, 2.24) is 9.55 Å². The van der Waals surface area contributed by atoms with Gasteiger partial charge in [0, 0.05) is 35.9 Å². The summed E-state index contributed by atoms with van der Waals surface area (Å²) >= 11 is 1.60. The van der Waals surface area contributed by atoms with Crippen LogP contribution in [0.3, 0.4) is 0 Å². The molecule has 0 saturated carbocycles. The van der Waals surface area contributed by atoms with E-state index in [0.29, 0.717) is 0 Å². The molecular formula is C17H18FN3S. The average molecular weight is 315 g/mol. The maximum Gasteiger partial charge on any atom is 0.182 e. The summed E-state index contributed by atoms with van der Waals surface area (Å²) in [5.74, 6) is -0.201. The summed E-state index contributed by atoms with van der Waals surface area (Å²) in [5, 5.41) is 6.05. The number of thiazole rings is 1. The number of hydrogen-bond acceptors (Lipinski definition) is 3. The van der Waals surface area contributed by atoms with Crippen LogP contribution in [0.25, 0.3) is 11.3 Å². The van der Waals surface area contributed by atoms with E-state index < -0.39 is 0 Å². The Kier molecular flexibility index (Phi) is 3.98. The van der Waals surface area contributed by atoms with E-state index in [9.17, 15) is 4.39 Å². The molecule has 0 amide bonds. The van der Waals surface area contributed by atoms with Crippen LogP contribution in [0, 0.1) is 19.7 Å². The maximum atomic E-state index is 13.0. The summed E-state index contributed by atoms with van der Waals surface area (Å²) in [7, 11) is 1.88. The highest BCUT2D eigenvalue weighted by Gasteiger charge is 2.13. The monoisotopic (exact) mass is 315 g/mol. The third-order valence-electron chi connectivity index (χ3n) is 3.82. The second kappa shape index (κ2) is 5.93. The van der Waals surface area contributed by atoms with Gasteiger partial charge in [0.25, 0.3) is 0 Å². The van der Waals surface area contributed by atoms with Crippen LogP contribution in [0.5, 0.6) is 0 Å². The molecule has 3 aromatic rings. The molecule has 0 saturated heterocycles. The molecule has 3 nitrogen and oxygen atoms in total. The highest BCUT2D eigenvalue weighted by atomic mass is 32.1. The zero-order valence-electron chi connectivity index (χ0n) is 12.9. The summed E-state index contributed by atoms with van der Waals surface area (Å²) in [6.07, 6.45) is 0. The highest BCUT2D eigenvalue weighted by Crippen LogP contribution is 2.30. The Morgan fingerprint density at radius 1 is 1.23 bits per heavy atom. The van der Waals surface area contributed by atoms with Crippen molar-refractivity contribution in [2.75, 3.05) is 12.4 Å². The largest absolute Gasteiger partial charge is 0.365 e. The number of rotatable bonds is 4. The first-order valence-electron chi connectivity index (χ1n) is 7.13. The van der Waals surface area contributed by atoms with Gasteiger partial charge in [0.05, 0.1) is 5.69 Å². The fourth-order valence-electron chi connectivity index (χ4n) is 2.59. The Labute approximate surface area is 133 Å². The molecule has 2 heterocycles. The van der Waals surface area contributed by atoms with Crippen molar-refractivity contribution >= 4 is 16.5 Å². The molecule has 22 heavy (non-hydrogen) atoms. The highest BCUT2D eigenvalue weighted by molar-refractivity contribution is 7.14. The van der Waals surface area contributed by atoms with Crippen molar-refractivity contribution in [3.05, 3.63) is 58.5 Å². The molecule has 1 N–H and O–H groups in total. The summed E-state index contributed by atoms with van der Waals surface area (Å²) in [4.78, 5) is 4.58. The molecule has 0 aliphatic heterocycles. The zero-order valence-corrected chi connectivity index (χ0v) is 13.7. The van der Waals surface area contributed by atoms with Gasteiger partial charge in [-0.05, 0) is 37.6 Å². The number of benzene rings is 1. The van der Waals surface area contributed by atoms with Crippen molar-refractivity contribution in [1.29, 1.82) is 0 Å². The predicted octanol–water partition coefficient (Wildman–Crippen LogP) is 4.46. The molecule has 0 unspecified atom stereocenters. The van der Waals surface area contributed by atoms with Crippen LogP contribution in [-0.2, 0) is 6.54 Å². The molecule has 0 spiro atoms. The van der Waals surface area contributed by atoms with Crippen molar-refractivity contribution in [3.63, 3.8) is 0 Å². The van der Waals surface area contributed by atoms with Gasteiger partial charge in [-0.3, -0.25) is 0 Å². The van der Waals surface area contributed by atoms with E-state index in [1.165, 1.54) is 23.5 Å². The minimum Gasteiger partial charge on any atom is -0.365 e. The molecule has 0 fully saturated rings. The molecule has 0 aliphatic rings. The van der Waals surface area contributed by atoms with Crippen LogP contribution >= 0.6 is 11.3 Å². The van der Waals surface area contributed by atoms with Gasteiger partial charge in [-0.2, -0.15) is 0 Å². The Morgan fingerprint density at radius 3 is 2.59 bits per heavy atom. The van der Waals surface area contributed by atoms with Gasteiger partial charge in [0.15, 0.2) is 5.13 Å². The van der Waals surface area contributed by atoms with Gasteiger partial charge < -0.3 is 9.88 Å². The molecule has 3 rings (SSSR count). The van der Waals surface area contributed by atoms with Crippen LogP contribution in [0.1, 0.15) is 17.0 Å². The van der Waals surface area contributed by atoms with Crippen molar-refractivity contribution in [2.45, 2.75) is 20.4 Å². The molecule has 2 aromatic heterocycles. The number of nitrogens with zero attached hydrogens (tertiary/aromatic N) is 2. The average Bonchev–Trinajstić information content (AvgIpc) is 3.09. The lowest BCUT2D eigenvalue weighted by Gasteiger charge is -2.10. The number of anilines is 1. The van der Waals surface area contributed by atoms with Gasteiger partial charge in [0.2, 0.25) is 0 Å². The Bertz CT molecular complexity index is 787. The molecule has 0 aliphatic carbocycles. The van der Waals surface area contributed by atoms with E-state index in [1.54, 1.807) is 11.3 Å². The quantitative estimate of drug-likeness (QED) is 0.770. The van der Waals surface area contributed by atoms with E-state index in [4.69, 9.17) is 0 Å². The Morgan fingerprint density at radius 2 is 1.95 bits per heavy atom. The van der Waals surface area contributed by atoms with Gasteiger partial charge in [-0.25, -0.2) is 9.37 Å². The summed E-state index contributed by atoms with van der Waals surface area (Å²) in [6, 6.07) is 8.83. The number of aryl methyl sites for hydroxylation is 1. The van der Waals surface area contributed by atoms with E-state index >= 15 is 0 Å². The van der Waals surface area contributed by atoms with Crippen LogP contribution in [-0.4, -0.2) is 16.6 Å². The second-order valence-corrected chi connectivity index (χ2v) is 6.14. The molecule has 0 bridgehead atoms. The van der Waals surface area contributed by atoms with E-state index in [1.807, 2.05) is 19.2 Å². The van der Waals surface area contributed by atoms with E-state index in [0.717, 1.165) is 28.5 Å². The fraction of sp³-hybridized carbons (Fsp3) is 0.235. The summed E-state index contributed by atoms with van der Waals surface area (Å²) < 4.78 is 15.3. The minimum absolute atomic E-state index is 0.201. The van der Waals surface area contributed by atoms with Crippen molar-refractivity contribution in [2.24, 2.45) is 0 Å². The minimum atomic E-state index is -0.201. The van der Waals surface area contributed by atoms with Crippen LogP contribution < -0.4 is 5.32 Å². The summed E-state index contributed by atoms with van der Waals surface area (Å²) in [6.45, 7) is 4.93. The number of hydrogen-bond donors (Lipinski definition) is 1. The molecule has 5 heteroatoms. The third kappa shape index (κ3) is 2.76. The first-order valence-corrected chi connectivity index (χ1v) is 8.01. The van der Waals surface area contributed by atoms with E-state index in [-0.39, 0.29) is 5.82 Å². The molecule has 114 valence electrons. The van der Waals surface area contributed by atoms with E-state index in [2.05, 4.69) is 40.2 Å². The molecule has 0 atom stereocenters.